The van der Waals surface area contributed by atoms with Crippen molar-refractivity contribution in [3.05, 3.63) is 71.8 Å². The second-order valence-electron chi connectivity index (χ2n) is 4.03. The molecule has 16 heavy (non-hydrogen) atoms. The van der Waals surface area contributed by atoms with E-state index in [0.29, 0.717) is 5.25 Å². The maximum atomic E-state index is 4.65. The van der Waals surface area contributed by atoms with Gasteiger partial charge in [0.1, 0.15) is 0 Å². The normalized spacial score (nSPS) is 10.6. The molecule has 0 saturated carbocycles. The fourth-order valence-corrected chi connectivity index (χ4v) is 2.27. The molecule has 1 heteroatoms. The highest BCUT2D eigenvalue weighted by Crippen LogP contribution is 2.13. The molecule has 0 unspecified atom stereocenters. The Bertz CT molecular complexity index is 366. The lowest BCUT2D eigenvalue weighted by molar-refractivity contribution is 0.848. The average Bonchev–Trinajstić information content (AvgIpc) is 2.31. The molecule has 2 rings (SSSR count). The molecule has 0 N–H and O–H groups in total. The molecule has 0 spiro atoms. The molecular formula is C15H16S. The van der Waals surface area contributed by atoms with E-state index in [-0.39, 0.29) is 0 Å². The molecule has 0 fully saturated rings. The van der Waals surface area contributed by atoms with Crippen LogP contribution in [0.3, 0.4) is 0 Å². The summed E-state index contributed by atoms with van der Waals surface area (Å²) in [6, 6.07) is 21.1. The fraction of sp³-hybridized carbons (Fsp3) is 0.200. The maximum absolute atomic E-state index is 4.65. The predicted octanol–water partition coefficient (Wildman–Crippen LogP) is 3.77. The number of hydrogen-bond acceptors (Lipinski definition) is 1. The van der Waals surface area contributed by atoms with Crippen LogP contribution in [0.1, 0.15) is 11.1 Å². The molecule has 2 aromatic carbocycles. The van der Waals surface area contributed by atoms with Crippen molar-refractivity contribution in [3.63, 3.8) is 0 Å². The molecule has 2 aromatic rings. The maximum Gasteiger partial charge on any atom is 0.00976 e. The van der Waals surface area contributed by atoms with Gasteiger partial charge in [0.2, 0.25) is 0 Å². The van der Waals surface area contributed by atoms with Crippen molar-refractivity contribution in [1.82, 2.24) is 0 Å². The lowest BCUT2D eigenvalue weighted by atomic mass is 10.0. The average molecular weight is 228 g/mol. The Kier molecular flexibility index (Phi) is 4.06. The van der Waals surface area contributed by atoms with Gasteiger partial charge in [-0.1, -0.05) is 60.7 Å². The van der Waals surface area contributed by atoms with Crippen LogP contribution in [0.5, 0.6) is 0 Å². The quantitative estimate of drug-likeness (QED) is 0.757. The summed E-state index contributed by atoms with van der Waals surface area (Å²) in [6.07, 6.45) is 2.05. The van der Waals surface area contributed by atoms with E-state index in [1.807, 2.05) is 12.1 Å². The molecule has 0 aliphatic carbocycles. The van der Waals surface area contributed by atoms with Crippen molar-refractivity contribution in [2.75, 3.05) is 0 Å². The highest BCUT2D eigenvalue weighted by Gasteiger charge is 2.05. The van der Waals surface area contributed by atoms with Gasteiger partial charge < -0.3 is 0 Å². The smallest absolute Gasteiger partial charge is 0.00976 e. The largest absolute Gasteiger partial charge is 0.175 e. The van der Waals surface area contributed by atoms with Crippen molar-refractivity contribution in [1.29, 1.82) is 0 Å². The monoisotopic (exact) mass is 228 g/mol. The third-order valence-electron chi connectivity index (χ3n) is 2.63. The summed E-state index contributed by atoms with van der Waals surface area (Å²) in [6.45, 7) is 0. The SMILES string of the molecule is SC(Cc1ccccc1)Cc1ccccc1. The Morgan fingerprint density at radius 1 is 0.688 bits per heavy atom. The molecular weight excluding hydrogens is 212 g/mol. The van der Waals surface area contributed by atoms with E-state index in [2.05, 4.69) is 61.2 Å². The lowest BCUT2D eigenvalue weighted by Crippen LogP contribution is -2.07. The Hall–Kier alpha value is -1.21. The third kappa shape index (κ3) is 3.42. The first-order valence-corrected chi connectivity index (χ1v) is 6.12. The van der Waals surface area contributed by atoms with E-state index >= 15 is 0 Å². The van der Waals surface area contributed by atoms with Crippen molar-refractivity contribution in [2.24, 2.45) is 0 Å². The molecule has 0 aliphatic rings. The van der Waals surface area contributed by atoms with Crippen LogP contribution in [0, 0.1) is 0 Å². The first kappa shape index (κ1) is 11.3. The van der Waals surface area contributed by atoms with Crippen LogP contribution in [0.2, 0.25) is 0 Å². The summed E-state index contributed by atoms with van der Waals surface area (Å²) in [5.74, 6) is 0. The zero-order valence-electron chi connectivity index (χ0n) is 9.21. The van der Waals surface area contributed by atoms with Crippen molar-refractivity contribution in [2.45, 2.75) is 18.1 Å². The van der Waals surface area contributed by atoms with Gasteiger partial charge in [0.05, 0.1) is 0 Å². The molecule has 0 amide bonds. The van der Waals surface area contributed by atoms with Crippen molar-refractivity contribution >= 4 is 12.6 Å². The minimum Gasteiger partial charge on any atom is -0.175 e. The predicted molar refractivity (Wildman–Crippen MR) is 73.1 cm³/mol. The third-order valence-corrected chi connectivity index (χ3v) is 2.99. The number of rotatable bonds is 4. The first-order valence-electron chi connectivity index (χ1n) is 5.60. The zero-order chi connectivity index (χ0) is 11.2. The van der Waals surface area contributed by atoms with E-state index in [1.54, 1.807) is 0 Å². The molecule has 0 bridgehead atoms. The Morgan fingerprint density at radius 3 is 1.44 bits per heavy atom. The Labute approximate surface area is 103 Å². The molecule has 0 saturated heterocycles. The molecule has 0 atom stereocenters. The van der Waals surface area contributed by atoms with Crippen LogP contribution in [-0.2, 0) is 12.8 Å². The van der Waals surface area contributed by atoms with E-state index in [4.69, 9.17) is 0 Å². The van der Waals surface area contributed by atoms with Crippen LogP contribution in [0.15, 0.2) is 60.7 Å². The Balaban J connectivity index is 1.92. The lowest BCUT2D eigenvalue weighted by Gasteiger charge is -2.10. The fourth-order valence-electron chi connectivity index (χ4n) is 1.84. The standard InChI is InChI=1S/C15H16S/c16-15(11-13-7-3-1-4-8-13)12-14-9-5-2-6-10-14/h1-10,15-16H,11-12H2. The highest BCUT2D eigenvalue weighted by atomic mass is 32.1. The van der Waals surface area contributed by atoms with E-state index < -0.39 is 0 Å². The van der Waals surface area contributed by atoms with Gasteiger partial charge in [-0.25, -0.2) is 0 Å². The van der Waals surface area contributed by atoms with E-state index in [0.717, 1.165) is 12.8 Å². The minimum absolute atomic E-state index is 0.393. The molecule has 0 radical (unpaired) electrons. The molecule has 0 heterocycles. The van der Waals surface area contributed by atoms with Crippen molar-refractivity contribution < 1.29 is 0 Å². The van der Waals surface area contributed by atoms with Gasteiger partial charge in [0, 0.05) is 5.25 Å². The van der Waals surface area contributed by atoms with Gasteiger partial charge in [0.15, 0.2) is 0 Å². The molecule has 0 aromatic heterocycles. The van der Waals surface area contributed by atoms with Crippen LogP contribution < -0.4 is 0 Å². The summed E-state index contributed by atoms with van der Waals surface area (Å²) < 4.78 is 0. The van der Waals surface area contributed by atoms with Gasteiger partial charge in [-0.3, -0.25) is 0 Å². The highest BCUT2D eigenvalue weighted by molar-refractivity contribution is 7.80. The minimum atomic E-state index is 0.393. The summed E-state index contributed by atoms with van der Waals surface area (Å²) in [5.41, 5.74) is 2.72. The van der Waals surface area contributed by atoms with Crippen LogP contribution in [0.25, 0.3) is 0 Å². The molecule has 82 valence electrons. The summed E-state index contributed by atoms with van der Waals surface area (Å²) in [7, 11) is 0. The van der Waals surface area contributed by atoms with Crippen LogP contribution in [0.4, 0.5) is 0 Å². The molecule has 0 nitrogen and oxygen atoms in total. The van der Waals surface area contributed by atoms with Gasteiger partial charge >= 0.3 is 0 Å². The topological polar surface area (TPSA) is 0 Å². The number of hydrogen-bond donors (Lipinski definition) is 1. The van der Waals surface area contributed by atoms with E-state index in [1.165, 1.54) is 11.1 Å². The van der Waals surface area contributed by atoms with Crippen LogP contribution in [-0.4, -0.2) is 5.25 Å². The summed E-state index contributed by atoms with van der Waals surface area (Å²) in [5, 5.41) is 0.393. The number of benzene rings is 2. The van der Waals surface area contributed by atoms with E-state index in [9.17, 15) is 0 Å². The number of thiol groups is 1. The van der Waals surface area contributed by atoms with Gasteiger partial charge in [-0.2, -0.15) is 12.6 Å². The van der Waals surface area contributed by atoms with Gasteiger partial charge in [-0.15, -0.1) is 0 Å². The second-order valence-corrected chi connectivity index (χ2v) is 4.76. The summed E-state index contributed by atoms with van der Waals surface area (Å²) in [4.78, 5) is 0. The van der Waals surface area contributed by atoms with Crippen molar-refractivity contribution in [3.8, 4) is 0 Å². The van der Waals surface area contributed by atoms with Gasteiger partial charge in [-0.05, 0) is 24.0 Å². The Morgan fingerprint density at radius 2 is 1.06 bits per heavy atom. The van der Waals surface area contributed by atoms with Gasteiger partial charge in [0.25, 0.3) is 0 Å². The molecule has 0 aliphatic heterocycles. The van der Waals surface area contributed by atoms with Crippen LogP contribution >= 0.6 is 12.6 Å². The zero-order valence-corrected chi connectivity index (χ0v) is 10.1. The first-order chi connectivity index (χ1) is 7.84. The summed E-state index contributed by atoms with van der Waals surface area (Å²) >= 11 is 4.65. The second kappa shape index (κ2) is 5.76.